The number of aliphatic imine (C=N–C) groups is 1. The summed E-state index contributed by atoms with van der Waals surface area (Å²) in [6, 6.07) is 28.7. The maximum absolute atomic E-state index is 11.6. The van der Waals surface area contributed by atoms with E-state index in [1.807, 2.05) is 61.4 Å². The molecular formula is C27H24N2O. The van der Waals surface area contributed by atoms with Gasteiger partial charge in [-0.2, -0.15) is 0 Å². The molecule has 148 valence electrons. The van der Waals surface area contributed by atoms with E-state index >= 15 is 0 Å². The average molecular weight is 393 g/mol. The maximum atomic E-state index is 11.6. The molecule has 1 atom stereocenters. The topological polar surface area (TPSA) is 32.7 Å². The quantitative estimate of drug-likeness (QED) is 0.523. The predicted octanol–water partition coefficient (Wildman–Crippen LogP) is 5.84. The van der Waals surface area contributed by atoms with E-state index < -0.39 is 5.66 Å². The van der Waals surface area contributed by atoms with E-state index in [1.54, 1.807) is 0 Å². The van der Waals surface area contributed by atoms with E-state index in [4.69, 9.17) is 4.99 Å². The summed E-state index contributed by atoms with van der Waals surface area (Å²) in [5, 5.41) is 0. The fraction of sp³-hybridized carbons (Fsp3) is 0.148. The number of aryl methyl sites for hydroxylation is 1. The van der Waals surface area contributed by atoms with Crippen molar-refractivity contribution in [1.82, 2.24) is 0 Å². The van der Waals surface area contributed by atoms with Gasteiger partial charge in [0.25, 0.3) is 0 Å². The van der Waals surface area contributed by atoms with Gasteiger partial charge in [-0.3, -0.25) is 4.99 Å². The van der Waals surface area contributed by atoms with Gasteiger partial charge in [0.15, 0.2) is 5.66 Å². The molecule has 1 unspecified atom stereocenters. The van der Waals surface area contributed by atoms with Crippen LogP contribution in [0.25, 0.3) is 5.70 Å². The summed E-state index contributed by atoms with van der Waals surface area (Å²) in [5.41, 5.74) is 6.34. The molecule has 3 aromatic carbocycles. The van der Waals surface area contributed by atoms with Gasteiger partial charge in [-0.05, 0) is 44.0 Å². The number of para-hydroxylation sites is 1. The minimum atomic E-state index is -0.909. The van der Waals surface area contributed by atoms with Crippen molar-refractivity contribution in [1.29, 1.82) is 0 Å². The Hall–Kier alpha value is -3.68. The molecule has 0 fully saturated rings. The fourth-order valence-corrected chi connectivity index (χ4v) is 3.98. The first kappa shape index (κ1) is 19.6. The molecule has 0 aliphatic carbocycles. The zero-order chi connectivity index (χ0) is 21.1. The van der Waals surface area contributed by atoms with Gasteiger partial charge < -0.3 is 4.90 Å². The highest BCUT2D eigenvalue weighted by Gasteiger charge is 2.38. The lowest BCUT2D eigenvalue weighted by atomic mass is 9.91. The van der Waals surface area contributed by atoms with Gasteiger partial charge in [-0.25, -0.2) is 4.79 Å². The highest BCUT2D eigenvalue weighted by Crippen LogP contribution is 2.41. The number of hydrogen-bond acceptors (Lipinski definition) is 3. The molecular weight excluding hydrogens is 368 g/mol. The lowest BCUT2D eigenvalue weighted by molar-refractivity contribution is 0.555. The van der Waals surface area contributed by atoms with E-state index in [0.717, 1.165) is 33.8 Å². The first-order valence-electron chi connectivity index (χ1n) is 10.0. The number of anilines is 1. The number of hydrogen-bond donors (Lipinski definition) is 0. The number of carbonyl (C=O) groups excluding carboxylic acids is 1. The molecule has 1 aliphatic heterocycles. The zero-order valence-corrected chi connectivity index (χ0v) is 17.5. The van der Waals surface area contributed by atoms with E-state index in [0.29, 0.717) is 0 Å². The molecule has 0 bridgehead atoms. The van der Waals surface area contributed by atoms with Crippen molar-refractivity contribution in [3.63, 3.8) is 0 Å². The third kappa shape index (κ3) is 3.52. The van der Waals surface area contributed by atoms with Crippen molar-refractivity contribution in [2.24, 2.45) is 4.99 Å². The second-order valence-electron chi connectivity index (χ2n) is 7.69. The molecule has 0 radical (unpaired) electrons. The van der Waals surface area contributed by atoms with Crippen LogP contribution in [0.1, 0.15) is 30.5 Å². The first-order chi connectivity index (χ1) is 14.5. The highest BCUT2D eigenvalue weighted by molar-refractivity contribution is 6.19. The molecule has 0 amide bonds. The first-order valence-corrected chi connectivity index (χ1v) is 10.0. The van der Waals surface area contributed by atoms with Crippen molar-refractivity contribution in [3.8, 4) is 0 Å². The van der Waals surface area contributed by atoms with Gasteiger partial charge in [-0.1, -0.05) is 78.4 Å². The third-order valence-electron chi connectivity index (χ3n) is 5.44. The Morgan fingerprint density at radius 3 is 2.03 bits per heavy atom. The maximum Gasteiger partial charge on any atom is 0.163 e. The summed E-state index contributed by atoms with van der Waals surface area (Å²) in [6.07, 6.45) is 1.50. The van der Waals surface area contributed by atoms with Crippen LogP contribution in [-0.4, -0.2) is 17.3 Å². The smallest absolute Gasteiger partial charge is 0.163 e. The summed E-state index contributed by atoms with van der Waals surface area (Å²) in [4.78, 5) is 18.8. The molecule has 1 aliphatic rings. The van der Waals surface area contributed by atoms with Crippen LogP contribution in [0, 0.1) is 6.92 Å². The molecule has 4 rings (SSSR count). The molecule has 30 heavy (non-hydrogen) atoms. The van der Waals surface area contributed by atoms with Gasteiger partial charge in [0, 0.05) is 17.3 Å². The Morgan fingerprint density at radius 2 is 1.43 bits per heavy atom. The van der Waals surface area contributed by atoms with Gasteiger partial charge in [-0.15, -0.1) is 0 Å². The molecule has 0 N–H and O–H groups in total. The van der Waals surface area contributed by atoms with Crippen LogP contribution < -0.4 is 4.90 Å². The molecule has 0 saturated carbocycles. The minimum Gasteiger partial charge on any atom is -0.312 e. The number of benzene rings is 3. The SMILES string of the molecule is CC1=C(c2ccccc2)N(c2ccccc2)C(C)(C=C=O)N=C1c1ccc(C)cc1. The Labute approximate surface area is 177 Å². The highest BCUT2D eigenvalue weighted by atomic mass is 16.1. The zero-order valence-electron chi connectivity index (χ0n) is 17.5. The molecule has 3 nitrogen and oxygen atoms in total. The summed E-state index contributed by atoms with van der Waals surface area (Å²) in [5.74, 6) is 2.00. The second-order valence-corrected chi connectivity index (χ2v) is 7.69. The Bertz CT molecular complexity index is 1150. The van der Waals surface area contributed by atoms with Crippen LogP contribution in [0.2, 0.25) is 0 Å². The van der Waals surface area contributed by atoms with E-state index in [1.165, 1.54) is 11.6 Å². The summed E-state index contributed by atoms with van der Waals surface area (Å²) < 4.78 is 0. The number of rotatable bonds is 4. The Balaban J connectivity index is 2.03. The van der Waals surface area contributed by atoms with Gasteiger partial charge in [0.2, 0.25) is 0 Å². The van der Waals surface area contributed by atoms with Gasteiger partial charge in [0.1, 0.15) is 5.94 Å². The van der Waals surface area contributed by atoms with Crippen LogP contribution in [0.3, 0.4) is 0 Å². The number of nitrogens with zero attached hydrogens (tertiary/aromatic N) is 2. The van der Waals surface area contributed by atoms with Crippen LogP contribution in [0.5, 0.6) is 0 Å². The fourth-order valence-electron chi connectivity index (χ4n) is 3.98. The summed E-state index contributed by atoms with van der Waals surface area (Å²) in [6.45, 7) is 6.12. The van der Waals surface area contributed by atoms with E-state index in [9.17, 15) is 4.79 Å². The van der Waals surface area contributed by atoms with E-state index in [-0.39, 0.29) is 0 Å². The Kier molecular flexibility index (Phi) is 5.22. The van der Waals surface area contributed by atoms with Crippen molar-refractivity contribution in [2.45, 2.75) is 26.4 Å². The van der Waals surface area contributed by atoms with Gasteiger partial charge >= 0.3 is 0 Å². The standard InChI is InChI=1S/C27H24N2O/c1-20-14-16-22(17-15-20)25-21(2)26(23-10-6-4-7-11-23)29(24-12-8-5-9-13-24)27(3,28-25)18-19-30/h4-18H,1-3H3. The van der Waals surface area contributed by atoms with Crippen molar-refractivity contribution in [2.75, 3.05) is 4.90 Å². The predicted molar refractivity (Wildman–Crippen MR) is 124 cm³/mol. The van der Waals surface area contributed by atoms with Crippen LogP contribution in [-0.2, 0) is 4.79 Å². The molecule has 0 saturated heterocycles. The molecule has 0 spiro atoms. The van der Waals surface area contributed by atoms with Crippen molar-refractivity contribution < 1.29 is 4.79 Å². The van der Waals surface area contributed by atoms with Crippen LogP contribution in [0.15, 0.2) is 102 Å². The van der Waals surface area contributed by atoms with Crippen molar-refractivity contribution in [3.05, 3.63) is 113 Å². The lowest BCUT2D eigenvalue weighted by Gasteiger charge is -2.43. The largest absolute Gasteiger partial charge is 0.312 e. The molecule has 0 aromatic heterocycles. The molecule has 3 heteroatoms. The minimum absolute atomic E-state index is 0.884. The van der Waals surface area contributed by atoms with E-state index in [2.05, 4.69) is 55.1 Å². The summed E-state index contributed by atoms with van der Waals surface area (Å²) >= 11 is 0. The second kappa shape index (κ2) is 7.98. The molecule has 3 aromatic rings. The van der Waals surface area contributed by atoms with Gasteiger partial charge in [0.05, 0.1) is 11.4 Å². The average Bonchev–Trinajstić information content (AvgIpc) is 2.77. The Morgan fingerprint density at radius 1 is 0.833 bits per heavy atom. The normalized spacial score (nSPS) is 18.6. The lowest BCUT2D eigenvalue weighted by Crippen LogP contribution is -2.47. The summed E-state index contributed by atoms with van der Waals surface area (Å²) in [7, 11) is 0. The molecule has 1 heterocycles. The van der Waals surface area contributed by atoms with Crippen LogP contribution >= 0.6 is 0 Å². The monoisotopic (exact) mass is 392 g/mol. The van der Waals surface area contributed by atoms with Crippen molar-refractivity contribution >= 4 is 23.0 Å². The van der Waals surface area contributed by atoms with Crippen LogP contribution in [0.4, 0.5) is 5.69 Å². The number of allylic oxidation sites excluding steroid dienone is 1. The third-order valence-corrected chi connectivity index (χ3v) is 5.44.